The second-order valence-corrected chi connectivity index (χ2v) is 5.88. The van der Waals surface area contributed by atoms with Crippen molar-refractivity contribution in [1.82, 2.24) is 0 Å². The number of carboxylic acids is 1. The van der Waals surface area contributed by atoms with Crippen LogP contribution in [-0.2, 0) is 21.3 Å². The maximum absolute atomic E-state index is 12.9. The van der Waals surface area contributed by atoms with E-state index in [2.05, 4.69) is 0 Å². The quantitative estimate of drug-likeness (QED) is 0.840. The van der Waals surface area contributed by atoms with Gasteiger partial charge in [-0.3, -0.25) is 0 Å². The maximum Gasteiger partial charge on any atom is 0.416 e. The molecule has 150 valence electrons. The Kier molecular flexibility index (Phi) is 9.15. The number of carboxylic acid groups (broad SMARTS) is 1. The molecule has 0 bridgehead atoms. The summed E-state index contributed by atoms with van der Waals surface area (Å²) in [5, 5.41) is 9.62. The Labute approximate surface area is 155 Å². The summed E-state index contributed by atoms with van der Waals surface area (Å²) in [6.07, 6.45) is -4.56. The molecular weight excluding hydrogens is 363 g/mol. The minimum atomic E-state index is -4.56. The Morgan fingerprint density at radius 3 is 1.85 bits per heavy atom. The highest BCUT2D eigenvalue weighted by atomic mass is 19.4. The zero-order valence-corrected chi connectivity index (χ0v) is 15.2. The lowest BCUT2D eigenvalue weighted by molar-refractivity contribution is -0.158. The molecule has 0 aliphatic carbocycles. The van der Waals surface area contributed by atoms with Crippen molar-refractivity contribution in [2.75, 3.05) is 7.11 Å². The van der Waals surface area contributed by atoms with Gasteiger partial charge in [-0.25, -0.2) is 4.79 Å². The van der Waals surface area contributed by atoms with E-state index in [1.807, 2.05) is 13.8 Å². The normalized spacial score (nSPS) is 13.0. The van der Waals surface area contributed by atoms with Gasteiger partial charge in [-0.1, -0.05) is 56.3 Å². The van der Waals surface area contributed by atoms with Crippen molar-refractivity contribution in [3.8, 4) is 0 Å². The zero-order chi connectivity index (χ0) is 20.0. The highest BCUT2D eigenvalue weighted by Crippen LogP contribution is 2.37. The largest absolute Gasteiger partial charge is 0.479 e. The smallest absolute Gasteiger partial charge is 0.416 e. The molecule has 0 heterocycles. The lowest BCUT2D eigenvalue weighted by Crippen LogP contribution is -2.39. The van der Waals surface area contributed by atoms with E-state index < -0.39 is 23.3 Å². The summed E-state index contributed by atoms with van der Waals surface area (Å²) >= 11 is 0. The number of methoxy groups -OCH3 is 1. The van der Waals surface area contributed by atoms with Gasteiger partial charge in [0.05, 0.1) is 5.56 Å². The first-order valence-corrected chi connectivity index (χ1v) is 7.83. The Hall–Kier alpha value is -2.42. The molecule has 0 aromatic heterocycles. The van der Waals surface area contributed by atoms with Crippen molar-refractivity contribution < 1.29 is 33.3 Å². The summed E-state index contributed by atoms with van der Waals surface area (Å²) in [6, 6.07) is 12.4. The minimum Gasteiger partial charge on any atom is -0.479 e. The van der Waals surface area contributed by atoms with E-state index in [9.17, 15) is 23.1 Å². The van der Waals surface area contributed by atoms with Crippen LogP contribution in [0.3, 0.4) is 0 Å². The Bertz CT molecular complexity index is 718. The molecule has 1 atom stereocenters. The Morgan fingerprint density at radius 1 is 1.00 bits per heavy atom. The summed E-state index contributed by atoms with van der Waals surface area (Å²) in [5.41, 5.74) is 2.33. The van der Waals surface area contributed by atoms with Gasteiger partial charge >= 0.3 is 12.1 Å². The minimum absolute atomic E-state index is 0. The molecule has 0 amide bonds. The van der Waals surface area contributed by atoms with Gasteiger partial charge < -0.3 is 21.1 Å². The van der Waals surface area contributed by atoms with Gasteiger partial charge in [0.25, 0.3) is 0 Å². The lowest BCUT2D eigenvalue weighted by Gasteiger charge is -2.29. The molecule has 2 rings (SSSR count). The van der Waals surface area contributed by atoms with Gasteiger partial charge in [0.2, 0.25) is 5.60 Å². The van der Waals surface area contributed by atoms with Crippen molar-refractivity contribution in [3.05, 3.63) is 71.3 Å². The average Bonchev–Trinajstić information content (AvgIpc) is 2.56. The van der Waals surface area contributed by atoms with Crippen molar-refractivity contribution in [2.45, 2.75) is 31.7 Å². The molecule has 0 aliphatic rings. The van der Waals surface area contributed by atoms with Gasteiger partial charge in [0.15, 0.2) is 0 Å². The molecule has 2 aromatic rings. The monoisotopic (exact) mass is 387 g/mol. The van der Waals surface area contributed by atoms with Crippen LogP contribution in [0, 0.1) is 0 Å². The molecule has 2 aromatic carbocycles. The van der Waals surface area contributed by atoms with Crippen LogP contribution in [0.5, 0.6) is 0 Å². The number of halogens is 3. The molecule has 0 fully saturated rings. The van der Waals surface area contributed by atoms with Gasteiger partial charge in [-0.15, -0.1) is 0 Å². The summed E-state index contributed by atoms with van der Waals surface area (Å²) in [5.74, 6) is -1.39. The van der Waals surface area contributed by atoms with Crippen molar-refractivity contribution in [3.63, 3.8) is 0 Å². The van der Waals surface area contributed by atoms with Crippen LogP contribution >= 0.6 is 0 Å². The number of ether oxygens (including phenoxy) is 1. The zero-order valence-electron chi connectivity index (χ0n) is 15.2. The SMILES string of the molecule is CC(C)N.COC(C(=O)O)(c1ccccc1)c1cccc(C(F)(F)F)c1.O. The van der Waals surface area contributed by atoms with Crippen LogP contribution in [0.15, 0.2) is 54.6 Å². The Balaban J connectivity index is 0.00000123. The first kappa shape index (κ1) is 24.6. The molecule has 0 aliphatic heterocycles. The molecule has 5 N–H and O–H groups in total. The van der Waals surface area contributed by atoms with E-state index in [0.717, 1.165) is 25.3 Å². The van der Waals surface area contributed by atoms with Gasteiger partial charge in [-0.05, 0) is 23.7 Å². The summed E-state index contributed by atoms with van der Waals surface area (Å²) in [7, 11) is 1.15. The van der Waals surface area contributed by atoms with E-state index in [1.165, 1.54) is 18.2 Å². The fraction of sp³-hybridized carbons (Fsp3) is 0.316. The molecule has 0 saturated carbocycles. The lowest BCUT2D eigenvalue weighted by atomic mass is 9.85. The first-order chi connectivity index (χ1) is 12.1. The third-order valence-electron chi connectivity index (χ3n) is 3.38. The van der Waals surface area contributed by atoms with E-state index in [0.29, 0.717) is 6.04 Å². The number of carbonyl (C=O) groups is 1. The van der Waals surface area contributed by atoms with Crippen molar-refractivity contribution in [2.24, 2.45) is 5.73 Å². The fourth-order valence-corrected chi connectivity index (χ4v) is 2.32. The number of hydrogen-bond acceptors (Lipinski definition) is 3. The number of aliphatic carboxylic acids is 1. The van der Waals surface area contributed by atoms with Crippen molar-refractivity contribution >= 4 is 5.97 Å². The molecule has 27 heavy (non-hydrogen) atoms. The van der Waals surface area contributed by atoms with Crippen LogP contribution in [-0.4, -0.2) is 29.7 Å². The molecule has 0 saturated heterocycles. The number of nitrogens with two attached hydrogens (primary N) is 1. The molecule has 0 radical (unpaired) electrons. The van der Waals surface area contributed by atoms with E-state index >= 15 is 0 Å². The predicted molar refractivity (Wildman–Crippen MR) is 96.2 cm³/mol. The highest BCUT2D eigenvalue weighted by molar-refractivity contribution is 5.84. The number of hydrogen-bond donors (Lipinski definition) is 2. The van der Waals surface area contributed by atoms with E-state index in [4.69, 9.17) is 10.5 Å². The van der Waals surface area contributed by atoms with Crippen molar-refractivity contribution in [1.29, 1.82) is 0 Å². The van der Waals surface area contributed by atoms with E-state index in [-0.39, 0.29) is 16.6 Å². The number of benzene rings is 2. The second kappa shape index (κ2) is 10.1. The summed E-state index contributed by atoms with van der Waals surface area (Å²) in [6.45, 7) is 3.89. The summed E-state index contributed by atoms with van der Waals surface area (Å²) in [4.78, 5) is 11.8. The van der Waals surface area contributed by atoms with Crippen LogP contribution < -0.4 is 5.73 Å². The van der Waals surface area contributed by atoms with Crippen LogP contribution in [0.1, 0.15) is 30.5 Å². The summed E-state index contributed by atoms with van der Waals surface area (Å²) < 4.78 is 43.8. The molecular formula is C19H24F3NO4. The third-order valence-corrected chi connectivity index (χ3v) is 3.38. The molecule has 8 heteroatoms. The fourth-order valence-electron chi connectivity index (χ4n) is 2.32. The van der Waals surface area contributed by atoms with Crippen LogP contribution in [0.25, 0.3) is 0 Å². The molecule has 1 unspecified atom stereocenters. The topological polar surface area (TPSA) is 104 Å². The van der Waals surface area contributed by atoms with Gasteiger partial charge in [0.1, 0.15) is 0 Å². The van der Waals surface area contributed by atoms with Gasteiger partial charge in [0, 0.05) is 12.7 Å². The van der Waals surface area contributed by atoms with Gasteiger partial charge in [-0.2, -0.15) is 13.2 Å². The number of alkyl halides is 3. The highest BCUT2D eigenvalue weighted by Gasteiger charge is 2.44. The first-order valence-electron chi connectivity index (χ1n) is 7.83. The molecule has 0 spiro atoms. The average molecular weight is 387 g/mol. The molecule has 5 nitrogen and oxygen atoms in total. The van der Waals surface area contributed by atoms with E-state index in [1.54, 1.807) is 18.2 Å². The Morgan fingerprint density at radius 2 is 1.44 bits per heavy atom. The predicted octanol–water partition coefficient (Wildman–Crippen LogP) is 3.21. The van der Waals surface area contributed by atoms with Crippen LogP contribution in [0.4, 0.5) is 13.2 Å². The maximum atomic E-state index is 12.9. The van der Waals surface area contributed by atoms with Crippen LogP contribution in [0.2, 0.25) is 0 Å². The third kappa shape index (κ3) is 6.06. The standard InChI is InChI=1S/C16H13F3O3.C3H9N.H2O/c1-22-15(14(20)21,11-6-3-2-4-7-11)12-8-5-9-13(10-12)16(17,18)19;1-3(2)4;/h2-10H,1H3,(H,20,21);3H,4H2,1-2H3;1H2. The second-order valence-electron chi connectivity index (χ2n) is 5.88. The number of rotatable bonds is 4.